The Balaban J connectivity index is 1.37. The lowest BCUT2D eigenvalue weighted by Gasteiger charge is -2.11. The van der Waals surface area contributed by atoms with E-state index in [1.165, 1.54) is 4.57 Å². The first kappa shape index (κ1) is 17.8. The number of furan rings is 1. The number of fused-ring (bicyclic) bond motifs is 6. The fraction of sp³-hybridized carbons (Fsp3) is 0. The van der Waals surface area contributed by atoms with Crippen molar-refractivity contribution in [2.45, 2.75) is 0 Å². The lowest BCUT2D eigenvalue weighted by atomic mass is 10.0. The molecule has 0 spiro atoms. The van der Waals surface area contributed by atoms with Gasteiger partial charge in [-0.1, -0.05) is 115 Å². The maximum atomic E-state index is 8.97. The topological polar surface area (TPSA) is 56.7 Å². The van der Waals surface area contributed by atoms with Crippen LogP contribution in [0.2, 0.25) is 0 Å². The van der Waals surface area contributed by atoms with Gasteiger partial charge in [0.1, 0.15) is 11.2 Å². The van der Waals surface area contributed by atoms with Gasteiger partial charge in [-0.05, 0) is 41.4 Å². The first-order valence-corrected chi connectivity index (χ1v) is 14.0. The van der Waals surface area contributed by atoms with Gasteiger partial charge in [0.15, 0.2) is 11.6 Å². The van der Waals surface area contributed by atoms with Crippen LogP contribution in [0.4, 0.5) is 0 Å². The van der Waals surface area contributed by atoms with Crippen LogP contribution in [0.1, 0.15) is 11.0 Å². The molecule has 0 N–H and O–H groups in total. The van der Waals surface area contributed by atoms with Crippen molar-refractivity contribution in [1.29, 1.82) is 0 Å². The first-order valence-electron chi connectivity index (χ1n) is 18.0. The van der Waals surface area contributed by atoms with Gasteiger partial charge in [-0.15, -0.1) is 0 Å². The van der Waals surface area contributed by atoms with Crippen LogP contribution >= 0.6 is 0 Å². The third-order valence-electron chi connectivity index (χ3n) is 7.74. The van der Waals surface area contributed by atoms with Crippen LogP contribution in [0.3, 0.4) is 0 Å². The van der Waals surface area contributed by atoms with E-state index in [0.29, 0.717) is 16.7 Å². The Morgan fingerprint density at radius 1 is 0.477 bits per heavy atom. The molecule has 0 unspecified atom stereocenters. The summed E-state index contributed by atoms with van der Waals surface area (Å²) in [5, 5.41) is 1.73. The summed E-state index contributed by atoms with van der Waals surface area (Å²) in [4.78, 5) is 14.5. The van der Waals surface area contributed by atoms with E-state index in [2.05, 4.69) is 0 Å². The second kappa shape index (κ2) is 9.75. The van der Waals surface area contributed by atoms with Crippen molar-refractivity contribution in [3.8, 4) is 39.9 Å². The van der Waals surface area contributed by atoms with Gasteiger partial charge in [-0.3, -0.25) is 4.57 Å². The number of hydrogen-bond acceptors (Lipinski definition) is 4. The summed E-state index contributed by atoms with van der Waals surface area (Å²) >= 11 is 0. The van der Waals surface area contributed by atoms with Crippen molar-refractivity contribution < 1.29 is 15.4 Å². The van der Waals surface area contributed by atoms with Crippen molar-refractivity contribution in [3.63, 3.8) is 0 Å². The number of aromatic nitrogens is 4. The van der Waals surface area contributed by atoms with Gasteiger partial charge >= 0.3 is 0 Å². The molecule has 3 aromatic heterocycles. The molecule has 0 aliphatic heterocycles. The number of benzene rings is 6. The molecule has 0 fully saturated rings. The molecule has 6 aromatic carbocycles. The fourth-order valence-corrected chi connectivity index (χ4v) is 5.65. The molecule has 5 heteroatoms. The molecule has 0 atom stereocenters. The summed E-state index contributed by atoms with van der Waals surface area (Å²) < 4.78 is 76.9. The van der Waals surface area contributed by atoms with E-state index in [1.807, 2.05) is 97.1 Å². The van der Waals surface area contributed by atoms with Gasteiger partial charge < -0.3 is 4.42 Å². The van der Waals surface area contributed by atoms with Gasteiger partial charge in [0.05, 0.1) is 22.0 Å². The zero-order chi connectivity index (χ0) is 36.0. The largest absolute Gasteiger partial charge is 0.456 e. The summed E-state index contributed by atoms with van der Waals surface area (Å²) in [5.74, 6) is 0.360. The first-order chi connectivity index (χ1) is 25.1. The Kier molecular flexibility index (Phi) is 3.94. The maximum absolute atomic E-state index is 8.97. The number of rotatable bonds is 4. The van der Waals surface area contributed by atoms with Crippen molar-refractivity contribution >= 4 is 43.7 Å². The van der Waals surface area contributed by atoms with E-state index in [-0.39, 0.29) is 39.4 Å². The van der Waals surface area contributed by atoms with E-state index in [9.17, 15) is 0 Å². The van der Waals surface area contributed by atoms with Gasteiger partial charge in [-0.2, -0.15) is 9.97 Å². The molecule has 206 valence electrons. The van der Waals surface area contributed by atoms with E-state index >= 15 is 0 Å². The van der Waals surface area contributed by atoms with Gasteiger partial charge in [0.2, 0.25) is 5.95 Å². The van der Waals surface area contributed by atoms with Gasteiger partial charge in [0, 0.05) is 32.7 Å². The maximum Gasteiger partial charge on any atom is 0.238 e. The number of para-hydroxylation sites is 3. The molecule has 9 rings (SSSR count). The predicted octanol–water partition coefficient (Wildman–Crippen LogP) is 9.87. The Bertz CT molecular complexity index is 2860. The third-order valence-corrected chi connectivity index (χ3v) is 7.74. The van der Waals surface area contributed by atoms with E-state index in [0.717, 1.165) is 27.5 Å². The standard InChI is InChI=1S/C39H24N4O/c1-2-10-25(11-3-1)26-18-20-27(21-19-26)37-40-38(28-22-23-32-31-14-6-9-17-35(31)44-36(32)24-28)42-39(41-37)43-33-15-7-4-12-29(33)30-13-5-8-16-34(30)43/h1-24H/i4D,5D,7D,8D,12D,13D,15D,16D. The number of nitrogens with zero attached hydrogens (tertiary/aromatic N) is 4. The molecule has 0 bridgehead atoms. The summed E-state index contributed by atoms with van der Waals surface area (Å²) in [6.07, 6.45) is 0. The monoisotopic (exact) mass is 572 g/mol. The minimum Gasteiger partial charge on any atom is -0.456 e. The summed E-state index contributed by atoms with van der Waals surface area (Å²) in [6, 6.07) is 26.9. The molecule has 5 nitrogen and oxygen atoms in total. The van der Waals surface area contributed by atoms with Gasteiger partial charge in [0.25, 0.3) is 0 Å². The Hall–Kier alpha value is -6.07. The number of hydrogen-bond donors (Lipinski definition) is 0. The van der Waals surface area contributed by atoms with Gasteiger partial charge in [-0.25, -0.2) is 4.98 Å². The quantitative estimate of drug-likeness (QED) is 0.211. The SMILES string of the molecule is [2H]c1c([2H])c([2H])c2c(c1[2H])c1c([2H])c([2H])c([2H])c([2H])c1n2-c1nc(-c2ccc(-c3ccccc3)cc2)nc(-c2ccc3c(c2)oc2ccccc23)n1. The smallest absolute Gasteiger partial charge is 0.238 e. The zero-order valence-corrected chi connectivity index (χ0v) is 22.9. The molecule has 9 aromatic rings. The molecular weight excluding hydrogens is 540 g/mol. The zero-order valence-electron chi connectivity index (χ0n) is 30.9. The third kappa shape index (κ3) is 3.91. The normalized spacial score (nSPS) is 14.2. The molecule has 0 saturated heterocycles. The van der Waals surface area contributed by atoms with Crippen molar-refractivity contribution in [1.82, 2.24) is 19.5 Å². The van der Waals surface area contributed by atoms with E-state index in [4.69, 9.17) is 30.3 Å². The van der Waals surface area contributed by atoms with Crippen LogP contribution in [0, 0.1) is 0 Å². The van der Waals surface area contributed by atoms with Crippen molar-refractivity contribution in [2.75, 3.05) is 0 Å². The summed E-state index contributed by atoms with van der Waals surface area (Å²) in [7, 11) is 0. The molecular formula is C39H24N4O. The molecule has 0 aliphatic carbocycles. The average molecular weight is 573 g/mol. The Labute approximate surface area is 263 Å². The second-order valence-corrected chi connectivity index (χ2v) is 10.3. The fourth-order valence-electron chi connectivity index (χ4n) is 5.65. The average Bonchev–Trinajstić information content (AvgIpc) is 3.74. The molecule has 0 amide bonds. The van der Waals surface area contributed by atoms with Crippen LogP contribution in [-0.4, -0.2) is 19.5 Å². The Morgan fingerprint density at radius 2 is 1.05 bits per heavy atom. The van der Waals surface area contributed by atoms with E-state index in [1.54, 1.807) is 0 Å². The molecule has 3 heterocycles. The van der Waals surface area contributed by atoms with Crippen LogP contribution in [0.25, 0.3) is 83.6 Å². The summed E-state index contributed by atoms with van der Waals surface area (Å²) in [5.41, 5.74) is 4.36. The predicted molar refractivity (Wildman–Crippen MR) is 178 cm³/mol. The van der Waals surface area contributed by atoms with E-state index < -0.39 is 48.3 Å². The van der Waals surface area contributed by atoms with Crippen LogP contribution in [0.15, 0.2) is 150 Å². The second-order valence-electron chi connectivity index (χ2n) is 10.3. The molecule has 0 saturated carbocycles. The highest BCUT2D eigenvalue weighted by Crippen LogP contribution is 2.34. The highest BCUT2D eigenvalue weighted by atomic mass is 16.3. The summed E-state index contributed by atoms with van der Waals surface area (Å²) in [6.45, 7) is 0. The lowest BCUT2D eigenvalue weighted by Crippen LogP contribution is -2.06. The highest BCUT2D eigenvalue weighted by molar-refractivity contribution is 6.09. The van der Waals surface area contributed by atoms with Crippen molar-refractivity contribution in [3.05, 3.63) is 145 Å². The molecule has 0 radical (unpaired) electrons. The lowest BCUT2D eigenvalue weighted by molar-refractivity contribution is 0.669. The highest BCUT2D eigenvalue weighted by Gasteiger charge is 2.18. The minimum absolute atomic E-state index is 0.0626. The molecule has 44 heavy (non-hydrogen) atoms. The van der Waals surface area contributed by atoms with Crippen LogP contribution in [-0.2, 0) is 0 Å². The van der Waals surface area contributed by atoms with Crippen LogP contribution in [0.5, 0.6) is 0 Å². The minimum atomic E-state index is -0.529. The Morgan fingerprint density at radius 3 is 1.80 bits per heavy atom. The van der Waals surface area contributed by atoms with Crippen molar-refractivity contribution in [2.24, 2.45) is 0 Å². The van der Waals surface area contributed by atoms with Crippen LogP contribution < -0.4 is 0 Å². The molecule has 0 aliphatic rings.